The van der Waals surface area contributed by atoms with Crippen LogP contribution in [0, 0.1) is 0 Å². The van der Waals surface area contributed by atoms with E-state index in [1.165, 1.54) is 11.1 Å². The van der Waals surface area contributed by atoms with Crippen LogP contribution in [-0.4, -0.2) is 5.78 Å². The van der Waals surface area contributed by atoms with Gasteiger partial charge < -0.3 is 0 Å². The van der Waals surface area contributed by atoms with Crippen molar-refractivity contribution in [1.29, 1.82) is 0 Å². The van der Waals surface area contributed by atoms with Crippen molar-refractivity contribution in [2.45, 2.75) is 51.4 Å². The molecule has 0 bridgehead atoms. The summed E-state index contributed by atoms with van der Waals surface area (Å²) >= 11 is 0. The molecule has 1 aliphatic carbocycles. The minimum atomic E-state index is 0.175. The van der Waals surface area contributed by atoms with Crippen LogP contribution >= 0.6 is 0 Å². The molecule has 1 aliphatic rings. The Morgan fingerprint density at radius 1 is 1.12 bits per heavy atom. The molecule has 0 aromatic heterocycles. The molecule has 1 aromatic rings. The predicted octanol–water partition coefficient (Wildman–Crippen LogP) is 3.82. The monoisotopic (exact) mass is 216 g/mol. The summed E-state index contributed by atoms with van der Waals surface area (Å²) in [6, 6.07) is 8.60. The molecule has 0 heterocycles. The Morgan fingerprint density at radius 3 is 2.19 bits per heavy atom. The summed E-state index contributed by atoms with van der Waals surface area (Å²) in [6.07, 6.45) is 2.86. The predicted molar refractivity (Wildman–Crippen MR) is 66.7 cm³/mol. The van der Waals surface area contributed by atoms with Gasteiger partial charge in [0.1, 0.15) is 5.78 Å². The summed E-state index contributed by atoms with van der Waals surface area (Å²) in [6.45, 7) is 6.63. The van der Waals surface area contributed by atoms with Gasteiger partial charge in [0.05, 0.1) is 0 Å². The highest BCUT2D eigenvalue weighted by Crippen LogP contribution is 2.32. The number of hydrogen-bond acceptors (Lipinski definition) is 1. The van der Waals surface area contributed by atoms with Gasteiger partial charge in [-0.05, 0) is 29.4 Å². The molecule has 1 unspecified atom stereocenters. The molecule has 1 aromatic carbocycles. The summed E-state index contributed by atoms with van der Waals surface area (Å²) in [7, 11) is 0. The van der Waals surface area contributed by atoms with E-state index < -0.39 is 0 Å². The van der Waals surface area contributed by atoms with E-state index in [1.54, 1.807) is 0 Å². The number of rotatable bonds is 1. The highest BCUT2D eigenvalue weighted by atomic mass is 16.1. The zero-order valence-corrected chi connectivity index (χ0v) is 10.4. The number of carbonyl (C=O) groups is 1. The summed E-state index contributed by atoms with van der Waals surface area (Å²) < 4.78 is 0. The first kappa shape index (κ1) is 11.4. The number of hydrogen-bond donors (Lipinski definition) is 0. The van der Waals surface area contributed by atoms with Gasteiger partial charge >= 0.3 is 0 Å². The fourth-order valence-corrected chi connectivity index (χ4v) is 2.38. The van der Waals surface area contributed by atoms with Crippen LogP contribution in [0.3, 0.4) is 0 Å². The van der Waals surface area contributed by atoms with Crippen molar-refractivity contribution in [3.05, 3.63) is 35.4 Å². The molecule has 0 amide bonds. The number of ketones is 1. The average molecular weight is 216 g/mol. The van der Waals surface area contributed by atoms with Gasteiger partial charge in [0.25, 0.3) is 0 Å². The number of carbonyl (C=O) groups excluding carboxylic acids is 1. The number of benzene rings is 1. The first-order valence-electron chi connectivity index (χ1n) is 6.11. The second-order valence-electron chi connectivity index (χ2n) is 5.78. The molecule has 0 aliphatic heterocycles. The van der Waals surface area contributed by atoms with Crippen molar-refractivity contribution in [3.8, 4) is 0 Å². The standard InChI is InChI=1S/C15H20O/c1-15(2,3)12-9-7-11(8-10-12)13-5-4-6-14(13)16/h7-10,13H,4-6H2,1-3H3. The zero-order valence-electron chi connectivity index (χ0n) is 10.4. The van der Waals surface area contributed by atoms with E-state index in [0.717, 1.165) is 19.3 Å². The van der Waals surface area contributed by atoms with E-state index in [2.05, 4.69) is 45.0 Å². The Bertz CT molecular complexity index is 381. The Hall–Kier alpha value is -1.11. The molecule has 16 heavy (non-hydrogen) atoms. The van der Waals surface area contributed by atoms with Crippen molar-refractivity contribution in [2.24, 2.45) is 0 Å². The van der Waals surface area contributed by atoms with Crippen molar-refractivity contribution in [3.63, 3.8) is 0 Å². The van der Waals surface area contributed by atoms with Gasteiger partial charge in [-0.3, -0.25) is 4.79 Å². The highest BCUT2D eigenvalue weighted by molar-refractivity contribution is 5.87. The molecule has 1 saturated carbocycles. The van der Waals surface area contributed by atoms with Crippen LogP contribution in [0.4, 0.5) is 0 Å². The van der Waals surface area contributed by atoms with Gasteiger partial charge in [-0.25, -0.2) is 0 Å². The lowest BCUT2D eigenvalue weighted by molar-refractivity contribution is -0.118. The van der Waals surface area contributed by atoms with Gasteiger partial charge in [0.15, 0.2) is 0 Å². The third-order valence-corrected chi connectivity index (χ3v) is 3.48. The lowest BCUT2D eigenvalue weighted by atomic mass is 9.85. The highest BCUT2D eigenvalue weighted by Gasteiger charge is 2.26. The summed E-state index contributed by atoms with van der Waals surface area (Å²) in [4.78, 5) is 11.7. The van der Waals surface area contributed by atoms with E-state index >= 15 is 0 Å². The van der Waals surface area contributed by atoms with Gasteiger partial charge in [0, 0.05) is 12.3 Å². The topological polar surface area (TPSA) is 17.1 Å². The molecule has 1 nitrogen and oxygen atoms in total. The minimum Gasteiger partial charge on any atom is -0.299 e. The summed E-state index contributed by atoms with van der Waals surface area (Å²) in [5.74, 6) is 0.595. The average Bonchev–Trinajstić information content (AvgIpc) is 2.63. The Labute approximate surface area is 97.9 Å². The van der Waals surface area contributed by atoms with Gasteiger partial charge in [-0.15, -0.1) is 0 Å². The first-order chi connectivity index (χ1) is 7.48. The van der Waals surface area contributed by atoms with Crippen LogP contribution in [0.25, 0.3) is 0 Å². The molecule has 0 radical (unpaired) electrons. The van der Waals surface area contributed by atoms with E-state index in [0.29, 0.717) is 5.78 Å². The molecular weight excluding hydrogens is 196 g/mol. The molecule has 86 valence electrons. The second kappa shape index (κ2) is 4.04. The molecular formula is C15H20O. The Balaban J connectivity index is 2.22. The maximum atomic E-state index is 11.7. The fourth-order valence-electron chi connectivity index (χ4n) is 2.38. The van der Waals surface area contributed by atoms with Gasteiger partial charge in [-0.1, -0.05) is 45.0 Å². The maximum absolute atomic E-state index is 11.7. The SMILES string of the molecule is CC(C)(C)c1ccc(C2CCCC2=O)cc1. The van der Waals surface area contributed by atoms with Crippen LogP contribution in [0.15, 0.2) is 24.3 Å². The number of Topliss-reactive ketones (excluding diaryl/α,β-unsaturated/α-hetero) is 1. The van der Waals surface area contributed by atoms with Gasteiger partial charge in [0.2, 0.25) is 0 Å². The van der Waals surface area contributed by atoms with Crippen LogP contribution < -0.4 is 0 Å². The van der Waals surface area contributed by atoms with E-state index in [-0.39, 0.29) is 11.3 Å². The molecule has 0 saturated heterocycles. The van der Waals surface area contributed by atoms with E-state index in [1.807, 2.05) is 0 Å². The lowest BCUT2D eigenvalue weighted by Crippen LogP contribution is -2.11. The van der Waals surface area contributed by atoms with E-state index in [9.17, 15) is 4.79 Å². The Morgan fingerprint density at radius 2 is 1.75 bits per heavy atom. The zero-order chi connectivity index (χ0) is 11.8. The third-order valence-electron chi connectivity index (χ3n) is 3.48. The van der Waals surface area contributed by atoms with Crippen molar-refractivity contribution in [2.75, 3.05) is 0 Å². The Kier molecular flexibility index (Phi) is 2.88. The van der Waals surface area contributed by atoms with E-state index in [4.69, 9.17) is 0 Å². The molecule has 1 fully saturated rings. The molecule has 1 heteroatoms. The third kappa shape index (κ3) is 2.18. The minimum absolute atomic E-state index is 0.175. The van der Waals surface area contributed by atoms with Crippen molar-refractivity contribution >= 4 is 5.78 Å². The largest absolute Gasteiger partial charge is 0.299 e. The van der Waals surface area contributed by atoms with Gasteiger partial charge in [-0.2, -0.15) is 0 Å². The smallest absolute Gasteiger partial charge is 0.140 e. The lowest BCUT2D eigenvalue weighted by Gasteiger charge is -2.19. The van der Waals surface area contributed by atoms with Crippen LogP contribution in [0.2, 0.25) is 0 Å². The molecule has 1 atom stereocenters. The van der Waals surface area contributed by atoms with Crippen molar-refractivity contribution < 1.29 is 4.79 Å². The van der Waals surface area contributed by atoms with Crippen LogP contribution in [-0.2, 0) is 10.2 Å². The maximum Gasteiger partial charge on any atom is 0.140 e. The summed E-state index contributed by atoms with van der Waals surface area (Å²) in [5.41, 5.74) is 2.73. The normalized spacial score (nSPS) is 21.4. The fraction of sp³-hybridized carbons (Fsp3) is 0.533. The molecule has 0 spiro atoms. The van der Waals surface area contributed by atoms with Crippen molar-refractivity contribution in [1.82, 2.24) is 0 Å². The first-order valence-corrected chi connectivity index (χ1v) is 6.11. The quantitative estimate of drug-likeness (QED) is 0.697. The van der Waals surface area contributed by atoms with Crippen LogP contribution in [0.5, 0.6) is 0 Å². The molecule has 2 rings (SSSR count). The van der Waals surface area contributed by atoms with Crippen LogP contribution in [0.1, 0.15) is 57.1 Å². The summed E-state index contributed by atoms with van der Waals surface area (Å²) in [5, 5.41) is 0. The molecule has 0 N–H and O–H groups in total. The second-order valence-corrected chi connectivity index (χ2v) is 5.78.